The largest absolute Gasteiger partial charge is 0.465 e. The van der Waals surface area contributed by atoms with Crippen molar-refractivity contribution in [2.24, 2.45) is 0 Å². The van der Waals surface area contributed by atoms with Gasteiger partial charge in [0.15, 0.2) is 5.76 Å². The molecule has 0 atom stereocenters. The number of aromatic nitrogens is 1. The summed E-state index contributed by atoms with van der Waals surface area (Å²) in [7, 11) is -2.49. The predicted molar refractivity (Wildman–Crippen MR) is 128 cm³/mol. The fourth-order valence-electron chi connectivity index (χ4n) is 3.75. The molecule has 1 heterocycles. The molecule has 9 heteroatoms. The monoisotopic (exact) mass is 495 g/mol. The number of benzene rings is 3. The van der Waals surface area contributed by atoms with Crippen molar-refractivity contribution in [1.82, 2.24) is 5.16 Å². The Bertz CT molecular complexity index is 1500. The van der Waals surface area contributed by atoms with E-state index in [0.717, 1.165) is 22.9 Å². The molecule has 0 aliphatic heterocycles. The SMILES string of the molecule is COC(=O)c1ccc(-c2cc(-c3ccc(-c4ccccc4)c(COS(C)(=O)=O)c3C)on2)cc1F. The van der Waals surface area contributed by atoms with E-state index in [1.165, 1.54) is 19.2 Å². The third-order valence-corrected chi connectivity index (χ3v) is 6.09. The van der Waals surface area contributed by atoms with Gasteiger partial charge in [0.05, 0.1) is 25.5 Å². The lowest BCUT2D eigenvalue weighted by molar-refractivity contribution is 0.0595. The maximum Gasteiger partial charge on any atom is 0.340 e. The number of methoxy groups -OCH3 is 1. The van der Waals surface area contributed by atoms with Gasteiger partial charge in [-0.2, -0.15) is 8.42 Å². The van der Waals surface area contributed by atoms with Gasteiger partial charge in [0.1, 0.15) is 11.5 Å². The number of rotatable bonds is 7. The molecule has 180 valence electrons. The molecule has 0 aliphatic rings. The molecule has 0 unspecified atom stereocenters. The lowest BCUT2D eigenvalue weighted by Crippen LogP contribution is -2.06. The average molecular weight is 496 g/mol. The van der Waals surface area contributed by atoms with Crippen LogP contribution in [0.2, 0.25) is 0 Å². The molecule has 7 nitrogen and oxygen atoms in total. The lowest BCUT2D eigenvalue weighted by Gasteiger charge is -2.15. The van der Waals surface area contributed by atoms with Crippen LogP contribution in [0.25, 0.3) is 33.7 Å². The Morgan fingerprint density at radius 3 is 2.37 bits per heavy atom. The second-order valence-corrected chi connectivity index (χ2v) is 9.50. The lowest BCUT2D eigenvalue weighted by atomic mass is 9.92. The van der Waals surface area contributed by atoms with Crippen molar-refractivity contribution in [3.05, 3.63) is 89.2 Å². The minimum atomic E-state index is -3.67. The van der Waals surface area contributed by atoms with Crippen molar-refractivity contribution >= 4 is 16.1 Å². The molecule has 0 amide bonds. The number of nitrogens with zero attached hydrogens (tertiary/aromatic N) is 1. The van der Waals surface area contributed by atoms with E-state index in [9.17, 15) is 17.6 Å². The van der Waals surface area contributed by atoms with E-state index in [-0.39, 0.29) is 12.2 Å². The van der Waals surface area contributed by atoms with Crippen LogP contribution in [0, 0.1) is 12.7 Å². The van der Waals surface area contributed by atoms with E-state index in [1.54, 1.807) is 12.1 Å². The minimum Gasteiger partial charge on any atom is -0.465 e. The third-order valence-electron chi connectivity index (χ3n) is 5.55. The smallest absolute Gasteiger partial charge is 0.340 e. The van der Waals surface area contributed by atoms with E-state index in [0.29, 0.717) is 28.1 Å². The second-order valence-electron chi connectivity index (χ2n) is 7.86. The highest BCUT2D eigenvalue weighted by atomic mass is 32.2. The average Bonchev–Trinajstić information content (AvgIpc) is 3.32. The first-order valence-corrected chi connectivity index (χ1v) is 12.4. The van der Waals surface area contributed by atoms with Crippen molar-refractivity contribution < 1.29 is 31.0 Å². The Hall–Kier alpha value is -3.82. The summed E-state index contributed by atoms with van der Waals surface area (Å²) in [6.45, 7) is 1.69. The number of carbonyl (C=O) groups excluding carboxylic acids is 1. The second kappa shape index (κ2) is 9.81. The van der Waals surface area contributed by atoms with Gasteiger partial charge in [0.2, 0.25) is 0 Å². The summed E-state index contributed by atoms with van der Waals surface area (Å²) >= 11 is 0. The number of hydrogen-bond acceptors (Lipinski definition) is 7. The summed E-state index contributed by atoms with van der Waals surface area (Å²) in [6.07, 6.45) is 1.00. The fraction of sp³-hybridized carbons (Fsp3) is 0.154. The molecular formula is C26H22FNO6S. The van der Waals surface area contributed by atoms with Crippen LogP contribution in [0.5, 0.6) is 0 Å². The molecule has 0 aliphatic carbocycles. The minimum absolute atomic E-state index is 0.149. The van der Waals surface area contributed by atoms with Crippen molar-refractivity contribution in [2.45, 2.75) is 13.5 Å². The molecule has 0 bridgehead atoms. The van der Waals surface area contributed by atoms with Crippen LogP contribution in [-0.2, 0) is 25.6 Å². The van der Waals surface area contributed by atoms with Crippen LogP contribution in [0.1, 0.15) is 21.5 Å². The Labute approximate surface area is 202 Å². The number of hydrogen-bond donors (Lipinski definition) is 0. The molecule has 0 N–H and O–H groups in total. The summed E-state index contributed by atoms with van der Waals surface area (Å²) in [5.74, 6) is -1.09. The topological polar surface area (TPSA) is 95.7 Å². The normalized spacial score (nSPS) is 11.4. The van der Waals surface area contributed by atoms with Gasteiger partial charge >= 0.3 is 5.97 Å². The summed E-state index contributed by atoms with van der Waals surface area (Å²) in [5.41, 5.74) is 4.48. The Kier molecular flexibility index (Phi) is 6.81. The van der Waals surface area contributed by atoms with Crippen LogP contribution >= 0.6 is 0 Å². The van der Waals surface area contributed by atoms with Gasteiger partial charge in [-0.25, -0.2) is 9.18 Å². The molecule has 0 radical (unpaired) electrons. The van der Waals surface area contributed by atoms with Crippen LogP contribution in [0.4, 0.5) is 4.39 Å². The van der Waals surface area contributed by atoms with Crippen molar-refractivity contribution in [3.63, 3.8) is 0 Å². The Morgan fingerprint density at radius 1 is 1.00 bits per heavy atom. The van der Waals surface area contributed by atoms with E-state index >= 15 is 0 Å². The number of ether oxygens (including phenoxy) is 1. The highest BCUT2D eigenvalue weighted by molar-refractivity contribution is 7.85. The molecule has 0 saturated carbocycles. The number of carbonyl (C=O) groups is 1. The standard InChI is InChI=1S/C26H22FNO6S/c1-16-19(11-12-20(17-7-5-4-6-8-17)22(16)15-33-35(3,30)31)25-14-24(28-34-25)18-9-10-21(23(27)13-18)26(29)32-2/h4-14H,15H2,1-3H3. The molecule has 0 fully saturated rings. The van der Waals surface area contributed by atoms with Gasteiger partial charge in [-0.3, -0.25) is 4.18 Å². The van der Waals surface area contributed by atoms with Crippen LogP contribution in [0.3, 0.4) is 0 Å². The van der Waals surface area contributed by atoms with Gasteiger partial charge in [0.25, 0.3) is 10.1 Å². The molecule has 4 rings (SSSR count). The zero-order valence-electron chi connectivity index (χ0n) is 19.2. The quantitative estimate of drug-likeness (QED) is 0.251. The molecular weight excluding hydrogens is 473 g/mol. The van der Waals surface area contributed by atoms with Gasteiger partial charge < -0.3 is 9.26 Å². The maximum atomic E-state index is 14.4. The molecule has 0 saturated heterocycles. The first kappa shape index (κ1) is 24.3. The fourth-order valence-corrected chi connectivity index (χ4v) is 4.08. The van der Waals surface area contributed by atoms with E-state index in [1.807, 2.05) is 49.4 Å². The summed E-state index contributed by atoms with van der Waals surface area (Å²) in [5, 5.41) is 4.05. The third kappa shape index (κ3) is 5.31. The first-order valence-electron chi connectivity index (χ1n) is 10.6. The van der Waals surface area contributed by atoms with Gasteiger partial charge in [-0.1, -0.05) is 53.7 Å². The highest BCUT2D eigenvalue weighted by Crippen LogP contribution is 2.35. The number of esters is 1. The van der Waals surface area contributed by atoms with E-state index in [4.69, 9.17) is 8.71 Å². The van der Waals surface area contributed by atoms with E-state index < -0.39 is 21.9 Å². The molecule has 4 aromatic rings. The van der Waals surface area contributed by atoms with Crippen LogP contribution < -0.4 is 0 Å². The number of halogens is 1. The summed E-state index contributed by atoms with van der Waals surface area (Å²) in [6, 6.07) is 19.0. The first-order chi connectivity index (χ1) is 16.7. The highest BCUT2D eigenvalue weighted by Gasteiger charge is 2.19. The van der Waals surface area contributed by atoms with Crippen molar-refractivity contribution in [2.75, 3.05) is 13.4 Å². The molecule has 1 aromatic heterocycles. The molecule has 0 spiro atoms. The zero-order valence-corrected chi connectivity index (χ0v) is 20.1. The van der Waals surface area contributed by atoms with Crippen LogP contribution in [0.15, 0.2) is 71.3 Å². The van der Waals surface area contributed by atoms with Gasteiger partial charge in [-0.05, 0) is 41.3 Å². The van der Waals surface area contributed by atoms with Crippen molar-refractivity contribution in [1.29, 1.82) is 0 Å². The Balaban J connectivity index is 1.74. The van der Waals surface area contributed by atoms with E-state index in [2.05, 4.69) is 9.89 Å². The van der Waals surface area contributed by atoms with Gasteiger partial charge in [-0.15, -0.1) is 0 Å². The van der Waals surface area contributed by atoms with Crippen LogP contribution in [-0.4, -0.2) is 32.9 Å². The summed E-state index contributed by atoms with van der Waals surface area (Å²) < 4.78 is 53.0. The summed E-state index contributed by atoms with van der Waals surface area (Å²) in [4.78, 5) is 11.6. The Morgan fingerprint density at radius 2 is 1.71 bits per heavy atom. The predicted octanol–water partition coefficient (Wildman–Crippen LogP) is 5.39. The molecule has 35 heavy (non-hydrogen) atoms. The zero-order chi connectivity index (χ0) is 25.2. The van der Waals surface area contributed by atoms with Crippen molar-refractivity contribution in [3.8, 4) is 33.7 Å². The molecule has 3 aromatic carbocycles. The maximum absolute atomic E-state index is 14.4. The van der Waals surface area contributed by atoms with Gasteiger partial charge in [0, 0.05) is 17.2 Å².